The number of carbonyl (C=O) groups excluding carboxylic acids is 1. The van der Waals surface area contributed by atoms with E-state index >= 15 is 0 Å². The molecule has 156 valence electrons. The molecular formula is C25H22N2O4. The smallest absolute Gasteiger partial charge is 0.256 e. The average molecular weight is 414 g/mol. The number of hydrogen-bond acceptors (Lipinski definition) is 5. The highest BCUT2D eigenvalue weighted by atomic mass is 16.5. The molecule has 1 aromatic heterocycles. The molecule has 0 unspecified atom stereocenters. The first-order chi connectivity index (χ1) is 15.1. The van der Waals surface area contributed by atoms with Crippen molar-refractivity contribution in [2.24, 2.45) is 0 Å². The van der Waals surface area contributed by atoms with Gasteiger partial charge in [0.15, 0.2) is 11.5 Å². The van der Waals surface area contributed by atoms with Gasteiger partial charge in [-0.1, -0.05) is 30.3 Å². The van der Waals surface area contributed by atoms with Crippen LogP contribution in [0.5, 0.6) is 17.2 Å². The second-order valence-electron chi connectivity index (χ2n) is 6.80. The number of benzene rings is 3. The molecular weight excluding hydrogens is 392 g/mol. The summed E-state index contributed by atoms with van der Waals surface area (Å²) < 4.78 is 16.1. The first-order valence-electron chi connectivity index (χ1n) is 9.71. The summed E-state index contributed by atoms with van der Waals surface area (Å²) in [6.45, 7) is 0. The lowest BCUT2D eigenvalue weighted by molar-refractivity contribution is 0.102. The van der Waals surface area contributed by atoms with E-state index in [-0.39, 0.29) is 5.91 Å². The van der Waals surface area contributed by atoms with Crippen LogP contribution < -0.4 is 19.5 Å². The number of amides is 1. The minimum atomic E-state index is -0.246. The molecule has 31 heavy (non-hydrogen) atoms. The average Bonchev–Trinajstić information content (AvgIpc) is 2.83. The molecule has 0 radical (unpaired) electrons. The van der Waals surface area contributed by atoms with E-state index in [1.54, 1.807) is 39.5 Å². The quantitative estimate of drug-likeness (QED) is 0.471. The molecule has 0 spiro atoms. The highest BCUT2D eigenvalue weighted by molar-refractivity contribution is 6.13. The Kier molecular flexibility index (Phi) is 5.71. The van der Waals surface area contributed by atoms with E-state index in [9.17, 15) is 4.79 Å². The molecule has 0 aliphatic carbocycles. The summed E-state index contributed by atoms with van der Waals surface area (Å²) >= 11 is 0. The maximum absolute atomic E-state index is 13.3. The molecule has 6 heteroatoms. The minimum Gasteiger partial charge on any atom is -0.495 e. The van der Waals surface area contributed by atoms with E-state index in [4.69, 9.17) is 19.2 Å². The Morgan fingerprint density at radius 1 is 0.774 bits per heavy atom. The van der Waals surface area contributed by atoms with Crippen LogP contribution in [-0.4, -0.2) is 32.2 Å². The van der Waals surface area contributed by atoms with E-state index < -0.39 is 0 Å². The predicted octanol–water partition coefficient (Wildman–Crippen LogP) is 5.18. The molecule has 4 aromatic rings. The van der Waals surface area contributed by atoms with Crippen molar-refractivity contribution in [2.75, 3.05) is 26.6 Å². The Labute approximate surface area is 180 Å². The third-order valence-corrected chi connectivity index (χ3v) is 5.00. The summed E-state index contributed by atoms with van der Waals surface area (Å²) in [5.74, 6) is 1.57. The molecule has 3 aromatic carbocycles. The van der Waals surface area contributed by atoms with Crippen LogP contribution in [0.15, 0.2) is 72.8 Å². The normalized spacial score (nSPS) is 10.5. The predicted molar refractivity (Wildman–Crippen MR) is 121 cm³/mol. The van der Waals surface area contributed by atoms with Crippen molar-refractivity contribution in [3.05, 3.63) is 78.4 Å². The van der Waals surface area contributed by atoms with Crippen LogP contribution in [0, 0.1) is 0 Å². The SMILES string of the molecule is COc1ccccc1NC(=O)c1cc(-c2ccc(OC)c(OC)c2)nc2ccccc12. The number of pyridine rings is 1. The summed E-state index contributed by atoms with van der Waals surface area (Å²) in [5.41, 5.74) is 3.31. The third-order valence-electron chi connectivity index (χ3n) is 5.00. The number of aromatic nitrogens is 1. The number of methoxy groups -OCH3 is 3. The molecule has 0 bridgehead atoms. The maximum atomic E-state index is 13.3. The highest BCUT2D eigenvalue weighted by Crippen LogP contribution is 2.33. The van der Waals surface area contributed by atoms with E-state index in [0.717, 1.165) is 16.5 Å². The Bertz CT molecular complexity index is 1250. The van der Waals surface area contributed by atoms with Crippen molar-refractivity contribution < 1.29 is 19.0 Å². The second kappa shape index (κ2) is 8.75. The fourth-order valence-corrected chi connectivity index (χ4v) is 3.44. The summed E-state index contributed by atoms with van der Waals surface area (Å²) in [4.78, 5) is 18.0. The van der Waals surface area contributed by atoms with Gasteiger partial charge in [-0.25, -0.2) is 4.98 Å². The fraction of sp³-hybridized carbons (Fsp3) is 0.120. The van der Waals surface area contributed by atoms with Gasteiger partial charge in [0.2, 0.25) is 0 Å². The van der Waals surface area contributed by atoms with Gasteiger partial charge in [0, 0.05) is 10.9 Å². The maximum Gasteiger partial charge on any atom is 0.256 e. The van der Waals surface area contributed by atoms with Crippen LogP contribution >= 0.6 is 0 Å². The third kappa shape index (κ3) is 4.00. The Hall–Kier alpha value is -4.06. The molecule has 1 N–H and O–H groups in total. The Morgan fingerprint density at radius 2 is 1.48 bits per heavy atom. The van der Waals surface area contributed by atoms with Crippen LogP contribution in [0.3, 0.4) is 0 Å². The number of fused-ring (bicyclic) bond motifs is 1. The number of anilines is 1. The van der Waals surface area contributed by atoms with Crippen LogP contribution in [0.2, 0.25) is 0 Å². The molecule has 0 saturated carbocycles. The lowest BCUT2D eigenvalue weighted by atomic mass is 10.0. The van der Waals surface area contributed by atoms with Crippen molar-refractivity contribution in [3.63, 3.8) is 0 Å². The summed E-state index contributed by atoms with van der Waals surface area (Å²) in [5, 5.41) is 3.72. The number of nitrogens with one attached hydrogen (secondary N) is 1. The monoisotopic (exact) mass is 414 g/mol. The van der Waals surface area contributed by atoms with Gasteiger partial charge in [-0.15, -0.1) is 0 Å². The number of carbonyl (C=O) groups is 1. The van der Waals surface area contributed by atoms with Crippen LogP contribution in [0.25, 0.3) is 22.2 Å². The molecule has 1 heterocycles. The van der Waals surface area contributed by atoms with Crippen molar-refractivity contribution in [1.82, 2.24) is 4.98 Å². The van der Waals surface area contributed by atoms with Crippen LogP contribution in [-0.2, 0) is 0 Å². The second-order valence-corrected chi connectivity index (χ2v) is 6.80. The molecule has 0 saturated heterocycles. The van der Waals surface area contributed by atoms with Gasteiger partial charge < -0.3 is 19.5 Å². The first-order valence-corrected chi connectivity index (χ1v) is 9.71. The van der Waals surface area contributed by atoms with Gasteiger partial charge in [0.1, 0.15) is 5.75 Å². The summed E-state index contributed by atoms with van der Waals surface area (Å²) in [7, 11) is 4.75. The number of ether oxygens (including phenoxy) is 3. The number of hydrogen-bond donors (Lipinski definition) is 1. The molecule has 1 amide bonds. The number of rotatable bonds is 6. The zero-order chi connectivity index (χ0) is 21.8. The van der Waals surface area contributed by atoms with Crippen molar-refractivity contribution in [3.8, 4) is 28.5 Å². The number of para-hydroxylation sites is 3. The zero-order valence-electron chi connectivity index (χ0n) is 17.5. The van der Waals surface area contributed by atoms with Gasteiger partial charge >= 0.3 is 0 Å². The molecule has 6 nitrogen and oxygen atoms in total. The van der Waals surface area contributed by atoms with Gasteiger partial charge in [-0.05, 0) is 42.5 Å². The van der Waals surface area contributed by atoms with E-state index in [1.807, 2.05) is 54.6 Å². The minimum absolute atomic E-state index is 0.246. The van der Waals surface area contributed by atoms with Gasteiger partial charge in [0.05, 0.1) is 43.8 Å². The van der Waals surface area contributed by atoms with Crippen molar-refractivity contribution >= 4 is 22.5 Å². The summed E-state index contributed by atoms with van der Waals surface area (Å²) in [6, 6.07) is 22.2. The molecule has 0 aliphatic rings. The Morgan fingerprint density at radius 3 is 2.26 bits per heavy atom. The van der Waals surface area contributed by atoms with E-state index in [1.165, 1.54) is 0 Å². The topological polar surface area (TPSA) is 69.7 Å². The van der Waals surface area contributed by atoms with Crippen molar-refractivity contribution in [1.29, 1.82) is 0 Å². The van der Waals surface area contributed by atoms with Gasteiger partial charge in [-0.3, -0.25) is 4.79 Å². The zero-order valence-corrected chi connectivity index (χ0v) is 17.5. The Balaban J connectivity index is 1.81. The molecule has 0 aliphatic heterocycles. The van der Waals surface area contributed by atoms with Crippen LogP contribution in [0.4, 0.5) is 5.69 Å². The lowest BCUT2D eigenvalue weighted by Crippen LogP contribution is -2.13. The van der Waals surface area contributed by atoms with Gasteiger partial charge in [-0.2, -0.15) is 0 Å². The molecule has 4 rings (SSSR count). The number of nitrogens with zero attached hydrogens (tertiary/aromatic N) is 1. The standard InChI is InChI=1S/C25H22N2O4/c1-29-22-11-7-6-10-20(22)27-25(28)18-15-21(26-19-9-5-4-8-17(18)19)16-12-13-23(30-2)24(14-16)31-3/h4-15H,1-3H3,(H,27,28). The summed E-state index contributed by atoms with van der Waals surface area (Å²) in [6.07, 6.45) is 0. The van der Waals surface area contributed by atoms with E-state index in [0.29, 0.717) is 34.2 Å². The largest absolute Gasteiger partial charge is 0.495 e. The lowest BCUT2D eigenvalue weighted by Gasteiger charge is -2.13. The molecule has 0 atom stereocenters. The molecule has 0 fully saturated rings. The first kappa shape index (κ1) is 20.2. The van der Waals surface area contributed by atoms with Crippen molar-refractivity contribution in [2.45, 2.75) is 0 Å². The fourth-order valence-electron chi connectivity index (χ4n) is 3.44. The van der Waals surface area contributed by atoms with Crippen LogP contribution in [0.1, 0.15) is 10.4 Å². The van der Waals surface area contributed by atoms with E-state index in [2.05, 4.69) is 5.32 Å². The highest BCUT2D eigenvalue weighted by Gasteiger charge is 2.16. The van der Waals surface area contributed by atoms with Gasteiger partial charge in [0.25, 0.3) is 5.91 Å².